The van der Waals surface area contributed by atoms with Crippen molar-refractivity contribution in [2.24, 2.45) is 29.2 Å². The van der Waals surface area contributed by atoms with Crippen LogP contribution in [0.1, 0.15) is 81.9 Å². The maximum atomic E-state index is 13.7. The molecular formula is C26H40N4O. The summed E-state index contributed by atoms with van der Waals surface area (Å²) >= 11 is 0. The molecule has 1 saturated carbocycles. The Bertz CT molecular complexity index is 791. The second kappa shape index (κ2) is 10.6. The van der Waals surface area contributed by atoms with Crippen molar-refractivity contribution >= 4 is 5.91 Å². The summed E-state index contributed by atoms with van der Waals surface area (Å²) in [5.41, 5.74) is 14.1. The van der Waals surface area contributed by atoms with Gasteiger partial charge in [0.05, 0.1) is 17.0 Å². The largest absolute Gasteiger partial charge is 0.336 e. The average Bonchev–Trinajstić information content (AvgIpc) is 2.77. The van der Waals surface area contributed by atoms with Crippen molar-refractivity contribution in [3.8, 4) is 6.07 Å². The Hall–Kier alpha value is -1.90. The Morgan fingerprint density at radius 1 is 1.16 bits per heavy atom. The first-order chi connectivity index (χ1) is 14.9. The Morgan fingerprint density at radius 2 is 1.90 bits per heavy atom. The molecule has 170 valence electrons. The van der Waals surface area contributed by atoms with Crippen molar-refractivity contribution < 1.29 is 4.79 Å². The van der Waals surface area contributed by atoms with E-state index in [2.05, 4.69) is 19.9 Å². The van der Waals surface area contributed by atoms with Crippen molar-refractivity contribution in [3.63, 3.8) is 0 Å². The molecule has 4 N–H and O–H groups in total. The van der Waals surface area contributed by atoms with E-state index in [-0.39, 0.29) is 5.91 Å². The highest BCUT2D eigenvalue weighted by Crippen LogP contribution is 2.43. The first kappa shape index (κ1) is 23.8. The van der Waals surface area contributed by atoms with Crippen LogP contribution in [-0.4, -0.2) is 30.4 Å². The maximum Gasteiger partial charge on any atom is 0.233 e. The Morgan fingerprint density at radius 3 is 2.52 bits per heavy atom. The molecule has 0 aromatic heterocycles. The molecule has 2 aliphatic rings. The van der Waals surface area contributed by atoms with E-state index >= 15 is 0 Å². The molecule has 1 aromatic rings. The molecule has 1 atom stereocenters. The van der Waals surface area contributed by atoms with E-state index < -0.39 is 5.41 Å². The predicted molar refractivity (Wildman–Crippen MR) is 125 cm³/mol. The number of rotatable bonds is 9. The third-order valence-electron chi connectivity index (χ3n) is 7.83. The smallest absolute Gasteiger partial charge is 0.233 e. The highest BCUT2D eigenvalue weighted by molar-refractivity contribution is 5.90. The van der Waals surface area contributed by atoms with E-state index in [1.165, 1.54) is 32.1 Å². The summed E-state index contributed by atoms with van der Waals surface area (Å²) in [6.45, 7) is 6.68. The van der Waals surface area contributed by atoms with Crippen molar-refractivity contribution in [2.45, 2.75) is 77.2 Å². The number of nitrogens with zero attached hydrogens (tertiary/aromatic N) is 2. The van der Waals surface area contributed by atoms with E-state index in [0.29, 0.717) is 38.2 Å². The zero-order chi connectivity index (χ0) is 22.4. The highest BCUT2D eigenvalue weighted by atomic mass is 16.2. The minimum atomic E-state index is -0.583. The molecule has 0 bridgehead atoms. The summed E-state index contributed by atoms with van der Waals surface area (Å²) < 4.78 is 0. The lowest BCUT2D eigenvalue weighted by molar-refractivity contribution is -0.140. The fourth-order valence-corrected chi connectivity index (χ4v) is 5.98. The van der Waals surface area contributed by atoms with Crippen molar-refractivity contribution in [1.29, 1.82) is 5.26 Å². The van der Waals surface area contributed by atoms with Crippen molar-refractivity contribution in [1.82, 2.24) is 4.90 Å². The van der Waals surface area contributed by atoms with Gasteiger partial charge in [0.1, 0.15) is 0 Å². The molecule has 31 heavy (non-hydrogen) atoms. The summed E-state index contributed by atoms with van der Waals surface area (Å²) in [7, 11) is 0. The van der Waals surface area contributed by atoms with Crippen LogP contribution in [0.3, 0.4) is 0 Å². The second-order valence-corrected chi connectivity index (χ2v) is 10.0. The molecule has 1 heterocycles. The molecule has 1 aliphatic heterocycles. The molecule has 3 rings (SSSR count). The minimum absolute atomic E-state index is 0.170. The first-order valence-corrected chi connectivity index (χ1v) is 12.2. The van der Waals surface area contributed by atoms with E-state index in [1.54, 1.807) is 0 Å². The van der Waals surface area contributed by atoms with Gasteiger partial charge in [0.15, 0.2) is 0 Å². The number of nitriles is 1. The van der Waals surface area contributed by atoms with E-state index in [0.717, 1.165) is 41.7 Å². The number of hydrogen-bond acceptors (Lipinski definition) is 4. The third kappa shape index (κ3) is 5.13. The fourth-order valence-electron chi connectivity index (χ4n) is 5.98. The molecule has 1 aromatic carbocycles. The van der Waals surface area contributed by atoms with Crippen LogP contribution in [0.4, 0.5) is 0 Å². The number of hydrogen-bond donors (Lipinski definition) is 2. The van der Waals surface area contributed by atoms with Gasteiger partial charge in [-0.1, -0.05) is 45.6 Å². The van der Waals surface area contributed by atoms with Gasteiger partial charge < -0.3 is 16.4 Å². The van der Waals surface area contributed by atoms with Gasteiger partial charge in [0.2, 0.25) is 5.91 Å². The van der Waals surface area contributed by atoms with Crippen molar-refractivity contribution in [2.75, 3.05) is 19.6 Å². The maximum absolute atomic E-state index is 13.7. The number of benzene rings is 1. The Kier molecular flexibility index (Phi) is 8.13. The van der Waals surface area contributed by atoms with Gasteiger partial charge in [-0.25, -0.2) is 0 Å². The lowest BCUT2D eigenvalue weighted by atomic mass is 9.67. The number of carbonyl (C=O) groups excluding carboxylic acids is 1. The van der Waals surface area contributed by atoms with Gasteiger partial charge in [-0.15, -0.1) is 0 Å². The number of amides is 1. The third-order valence-corrected chi connectivity index (χ3v) is 7.83. The minimum Gasteiger partial charge on any atom is -0.336 e. The summed E-state index contributed by atoms with van der Waals surface area (Å²) in [6, 6.07) is 8.05. The Labute approximate surface area is 188 Å². The van der Waals surface area contributed by atoms with Crippen LogP contribution < -0.4 is 11.5 Å². The molecule has 1 amide bonds. The van der Waals surface area contributed by atoms with Gasteiger partial charge in [0, 0.05) is 19.6 Å². The van der Waals surface area contributed by atoms with E-state index in [1.807, 2.05) is 23.1 Å². The molecule has 5 nitrogen and oxygen atoms in total. The molecule has 1 unspecified atom stereocenters. The van der Waals surface area contributed by atoms with Crippen LogP contribution in [0.25, 0.3) is 0 Å². The summed E-state index contributed by atoms with van der Waals surface area (Å²) in [5, 5.41) is 9.36. The van der Waals surface area contributed by atoms with Gasteiger partial charge in [-0.3, -0.25) is 4.79 Å². The molecule has 0 radical (unpaired) electrons. The quantitative estimate of drug-likeness (QED) is 0.624. The van der Waals surface area contributed by atoms with Gasteiger partial charge in [0.25, 0.3) is 0 Å². The SMILES string of the molecule is CC(C)[C@H]1CC[C@@H](CCCC2(CCN)C(=O)N(CCN)Cc3cc(C#N)ccc32)CC1. The number of nitrogens with two attached hydrogens (primary N) is 2. The first-order valence-electron chi connectivity index (χ1n) is 12.2. The normalized spacial score (nSPS) is 26.1. The van der Waals surface area contributed by atoms with Crippen LogP contribution in [-0.2, 0) is 16.8 Å². The lowest BCUT2D eigenvalue weighted by Gasteiger charge is -2.44. The molecular weight excluding hydrogens is 384 g/mol. The number of carbonyl (C=O) groups is 1. The van der Waals surface area contributed by atoms with Gasteiger partial charge >= 0.3 is 0 Å². The molecule has 0 spiro atoms. The van der Waals surface area contributed by atoms with Gasteiger partial charge in [-0.2, -0.15) is 5.26 Å². The molecule has 1 aliphatic carbocycles. The van der Waals surface area contributed by atoms with Crippen LogP contribution >= 0.6 is 0 Å². The van der Waals surface area contributed by atoms with Gasteiger partial charge in [-0.05, 0) is 73.2 Å². The summed E-state index contributed by atoms with van der Waals surface area (Å²) in [5.74, 6) is 2.62. The fraction of sp³-hybridized carbons (Fsp3) is 0.692. The van der Waals surface area contributed by atoms with Crippen LogP contribution in [0.15, 0.2) is 18.2 Å². The summed E-state index contributed by atoms with van der Waals surface area (Å²) in [4.78, 5) is 15.6. The lowest BCUT2D eigenvalue weighted by Crippen LogP contribution is -2.53. The monoisotopic (exact) mass is 424 g/mol. The zero-order valence-corrected chi connectivity index (χ0v) is 19.4. The average molecular weight is 425 g/mol. The van der Waals surface area contributed by atoms with E-state index in [4.69, 9.17) is 11.5 Å². The number of fused-ring (bicyclic) bond motifs is 1. The standard InChI is InChI=1S/C26H40N4O/c1-19(2)22-8-5-20(6-9-22)4-3-11-26(12-13-27)24-10-7-21(17-29)16-23(24)18-30(15-14-28)25(26)31/h7,10,16,19-20,22H,3-6,8-9,11-15,18,27-28H2,1-2H3/t20-,22+,26?. The predicted octanol–water partition coefficient (Wildman–Crippen LogP) is 4.08. The summed E-state index contributed by atoms with van der Waals surface area (Å²) in [6.07, 6.45) is 9.04. The molecule has 0 saturated heterocycles. The molecule has 1 fully saturated rings. The van der Waals surface area contributed by atoms with Crippen LogP contribution in [0.2, 0.25) is 0 Å². The topological polar surface area (TPSA) is 96.1 Å². The molecule has 5 heteroatoms. The van der Waals surface area contributed by atoms with E-state index in [9.17, 15) is 10.1 Å². The van der Waals surface area contributed by atoms with Crippen LogP contribution in [0.5, 0.6) is 0 Å². The second-order valence-electron chi connectivity index (χ2n) is 10.0. The zero-order valence-electron chi connectivity index (χ0n) is 19.4. The Balaban J connectivity index is 1.78. The van der Waals surface area contributed by atoms with Crippen molar-refractivity contribution in [3.05, 3.63) is 34.9 Å². The highest BCUT2D eigenvalue weighted by Gasteiger charge is 2.46. The van der Waals surface area contributed by atoms with Crippen LogP contribution in [0, 0.1) is 29.1 Å².